The fourth-order valence-corrected chi connectivity index (χ4v) is 5.78. The second-order valence-electron chi connectivity index (χ2n) is 11.5. The SMILES string of the molecule is CCCNC(=O)CCCCCCCCCCCCCCCC(=O)Nc1ccc2c(c1)C(CO[C-]=O)c1ccccc1-2.O=S(=O)=O.[Y]. The molecule has 1 atom stereocenters. The number of carbonyl (C=O) groups is 2. The van der Waals surface area contributed by atoms with Crippen molar-refractivity contribution in [2.45, 2.75) is 116 Å². The molecule has 0 aliphatic heterocycles. The van der Waals surface area contributed by atoms with Crippen LogP contribution in [0.3, 0.4) is 0 Å². The molecule has 9 nitrogen and oxygen atoms in total. The molecule has 1 radical (unpaired) electrons. The topological polar surface area (TPSA) is 136 Å². The fraction of sp³-hybridized carbons (Fsp3) is 0.571. The minimum Gasteiger partial charge on any atom is -0.652 e. The predicted octanol–water partition coefficient (Wildman–Crippen LogP) is 7.19. The Bertz CT molecular complexity index is 1300. The average Bonchev–Trinajstić information content (AvgIpc) is 3.33. The van der Waals surface area contributed by atoms with Crippen molar-refractivity contribution in [2.24, 2.45) is 0 Å². The van der Waals surface area contributed by atoms with Crippen molar-refractivity contribution in [2.75, 3.05) is 18.5 Å². The molecule has 2 N–H and O–H groups in total. The average molecular weight is 731 g/mol. The van der Waals surface area contributed by atoms with Crippen LogP contribution in [0.25, 0.3) is 11.1 Å². The largest absolute Gasteiger partial charge is 0.652 e. The van der Waals surface area contributed by atoms with Gasteiger partial charge in [-0.25, -0.2) is 0 Å². The molecular formula is C35H49N2O7SY-. The van der Waals surface area contributed by atoms with Crippen LogP contribution in [0.15, 0.2) is 42.5 Å². The second kappa shape index (κ2) is 25.6. The Morgan fingerprint density at radius 3 is 1.78 bits per heavy atom. The Hall–Kier alpha value is -2.43. The summed E-state index contributed by atoms with van der Waals surface area (Å²) in [5.74, 6) is 0.212. The summed E-state index contributed by atoms with van der Waals surface area (Å²) in [6.07, 6.45) is 17.9. The molecule has 0 aromatic heterocycles. The molecule has 1 aliphatic carbocycles. The molecule has 0 saturated heterocycles. The molecule has 0 spiro atoms. The molecule has 2 aromatic rings. The Labute approximate surface area is 301 Å². The van der Waals surface area contributed by atoms with Gasteiger partial charge in [0, 0.05) is 63.7 Å². The molecule has 1 unspecified atom stereocenters. The van der Waals surface area contributed by atoms with Gasteiger partial charge in [0.25, 0.3) is 0 Å². The normalized spacial score (nSPS) is 12.4. The molecule has 251 valence electrons. The molecule has 46 heavy (non-hydrogen) atoms. The third-order valence-electron chi connectivity index (χ3n) is 8.03. The van der Waals surface area contributed by atoms with E-state index in [0.29, 0.717) is 12.8 Å². The van der Waals surface area contributed by atoms with Crippen molar-refractivity contribution >= 4 is 34.6 Å². The number of amides is 2. The standard InChI is InChI=1S/C35H49N2O4.O3S.Y/c1-2-24-36-34(39)20-14-12-10-8-6-4-3-5-7-9-11-13-15-21-35(40)37-28-22-23-31-29-18-16-17-19-30(29)33(26-41-27-38)32(31)25-28;1-4(2)3;/h16-19,22-23,25,33H,2-15,20-21,24,26H2,1H3,(H,36,39)(H,37,40);;/q-1;;. The number of carbonyl (C=O) groups excluding carboxylic acids is 3. The van der Waals surface area contributed by atoms with Gasteiger partial charge in [0.2, 0.25) is 11.8 Å². The van der Waals surface area contributed by atoms with Gasteiger partial charge >= 0.3 is 10.6 Å². The maximum absolute atomic E-state index is 12.6. The third kappa shape index (κ3) is 16.9. The van der Waals surface area contributed by atoms with Crippen molar-refractivity contribution in [3.63, 3.8) is 0 Å². The van der Waals surface area contributed by atoms with Crippen LogP contribution >= 0.6 is 0 Å². The molecule has 0 saturated carbocycles. The van der Waals surface area contributed by atoms with E-state index in [2.05, 4.69) is 29.7 Å². The molecule has 0 fully saturated rings. The minimum absolute atomic E-state index is 0. The van der Waals surface area contributed by atoms with E-state index in [9.17, 15) is 14.4 Å². The number of fused-ring (bicyclic) bond motifs is 3. The van der Waals surface area contributed by atoms with Crippen molar-refractivity contribution in [3.05, 3.63) is 53.6 Å². The number of hydrogen-bond donors (Lipinski definition) is 2. The van der Waals surface area contributed by atoms with Crippen molar-refractivity contribution in [1.29, 1.82) is 0 Å². The van der Waals surface area contributed by atoms with Gasteiger partial charge in [-0.1, -0.05) is 114 Å². The predicted molar refractivity (Wildman–Crippen MR) is 176 cm³/mol. The van der Waals surface area contributed by atoms with Crippen LogP contribution in [0.5, 0.6) is 0 Å². The van der Waals surface area contributed by atoms with Crippen LogP contribution in [-0.4, -0.2) is 44.1 Å². The van der Waals surface area contributed by atoms with Crippen molar-refractivity contribution in [3.8, 4) is 11.1 Å². The fourth-order valence-electron chi connectivity index (χ4n) is 5.78. The maximum Gasteiger partial charge on any atom is 0.425 e. The first kappa shape index (κ1) is 41.6. The van der Waals surface area contributed by atoms with E-state index in [1.165, 1.54) is 57.8 Å². The van der Waals surface area contributed by atoms with Crippen LogP contribution < -0.4 is 10.6 Å². The van der Waals surface area contributed by atoms with Gasteiger partial charge in [-0.3, -0.25) is 9.59 Å². The summed E-state index contributed by atoms with van der Waals surface area (Å²) in [5.41, 5.74) is 5.27. The van der Waals surface area contributed by atoms with E-state index >= 15 is 0 Å². The molecule has 0 heterocycles. The van der Waals surface area contributed by atoms with Crippen LogP contribution in [0.2, 0.25) is 0 Å². The minimum atomic E-state index is -3.11. The van der Waals surface area contributed by atoms with Crippen LogP contribution in [-0.2, 0) is 62.4 Å². The number of hydrogen-bond acceptors (Lipinski definition) is 7. The molecule has 0 bridgehead atoms. The number of anilines is 1. The van der Waals surface area contributed by atoms with E-state index in [1.807, 2.05) is 30.3 Å². The molecule has 1 aliphatic rings. The Kier molecular flexibility index (Phi) is 23.2. The van der Waals surface area contributed by atoms with Gasteiger partial charge in [-0.05, 0) is 53.6 Å². The van der Waals surface area contributed by atoms with E-state index in [-0.39, 0.29) is 57.0 Å². The first-order valence-corrected chi connectivity index (χ1v) is 17.4. The monoisotopic (exact) mass is 730 g/mol. The summed E-state index contributed by atoms with van der Waals surface area (Å²) >= 11 is 0. The zero-order valence-corrected chi connectivity index (χ0v) is 30.8. The van der Waals surface area contributed by atoms with Gasteiger partial charge in [-0.15, -0.1) is 12.6 Å². The molecular weight excluding hydrogens is 681 g/mol. The second-order valence-corrected chi connectivity index (χ2v) is 11.9. The van der Waals surface area contributed by atoms with Gasteiger partial charge in [-0.2, -0.15) is 0 Å². The summed E-state index contributed by atoms with van der Waals surface area (Å²) in [5, 5.41) is 6.00. The Morgan fingerprint density at radius 2 is 1.24 bits per heavy atom. The van der Waals surface area contributed by atoms with E-state index in [1.54, 1.807) is 6.47 Å². The van der Waals surface area contributed by atoms with E-state index in [0.717, 1.165) is 66.6 Å². The number of unbranched alkanes of at least 4 members (excludes halogenated alkanes) is 12. The maximum atomic E-state index is 12.6. The molecule has 2 amide bonds. The third-order valence-corrected chi connectivity index (χ3v) is 8.03. The van der Waals surface area contributed by atoms with E-state index < -0.39 is 10.6 Å². The van der Waals surface area contributed by atoms with Crippen molar-refractivity contribution < 1.29 is 64.5 Å². The zero-order chi connectivity index (χ0) is 32.7. The summed E-state index contributed by atoms with van der Waals surface area (Å²) in [4.78, 5) is 34.8. The summed E-state index contributed by atoms with van der Waals surface area (Å²) in [7, 11) is -3.11. The first-order chi connectivity index (χ1) is 21.9. The van der Waals surface area contributed by atoms with E-state index in [4.69, 9.17) is 17.4 Å². The summed E-state index contributed by atoms with van der Waals surface area (Å²) in [6, 6.07) is 14.2. The molecule has 11 heteroatoms. The van der Waals surface area contributed by atoms with Crippen LogP contribution in [0, 0.1) is 0 Å². The Morgan fingerprint density at radius 1 is 0.739 bits per heavy atom. The number of nitrogens with one attached hydrogen (secondary N) is 2. The Balaban J connectivity index is 0.00000199. The quantitative estimate of drug-likeness (QED) is 0.0967. The van der Waals surface area contributed by atoms with Crippen LogP contribution in [0.1, 0.15) is 127 Å². The van der Waals surface area contributed by atoms with Gasteiger partial charge in [0.1, 0.15) is 0 Å². The van der Waals surface area contributed by atoms with Crippen molar-refractivity contribution in [1.82, 2.24) is 5.32 Å². The molecule has 2 aromatic carbocycles. The number of benzene rings is 2. The summed E-state index contributed by atoms with van der Waals surface area (Å²) < 4.78 is 30.3. The summed E-state index contributed by atoms with van der Waals surface area (Å²) in [6.45, 7) is 4.66. The van der Waals surface area contributed by atoms with Gasteiger partial charge < -0.3 is 20.2 Å². The number of rotatable bonds is 22. The zero-order valence-electron chi connectivity index (χ0n) is 27.2. The van der Waals surface area contributed by atoms with Crippen LogP contribution in [0.4, 0.5) is 5.69 Å². The van der Waals surface area contributed by atoms with Gasteiger partial charge in [0.05, 0.1) is 6.61 Å². The number of ether oxygens (including phenoxy) is 1. The molecule has 3 rings (SSSR count). The first-order valence-electron chi connectivity index (χ1n) is 16.4. The van der Waals surface area contributed by atoms with Gasteiger partial charge in [0.15, 0.2) is 0 Å². The smallest absolute Gasteiger partial charge is 0.425 e.